The summed E-state index contributed by atoms with van der Waals surface area (Å²) in [6.07, 6.45) is 4.35. The number of rotatable bonds is 7. The van der Waals surface area contributed by atoms with Gasteiger partial charge in [0.15, 0.2) is 11.2 Å². The summed E-state index contributed by atoms with van der Waals surface area (Å²) in [4.78, 5) is 32.9. The Kier molecular flexibility index (Phi) is 5.05. The van der Waals surface area contributed by atoms with E-state index in [-0.39, 0.29) is 5.56 Å². The average molecular weight is 307 g/mol. The third kappa shape index (κ3) is 2.93. The van der Waals surface area contributed by atoms with Gasteiger partial charge in [0.2, 0.25) is 5.95 Å². The lowest BCUT2D eigenvalue weighted by Gasteiger charge is -2.23. The van der Waals surface area contributed by atoms with Crippen LogP contribution in [0.25, 0.3) is 11.2 Å². The van der Waals surface area contributed by atoms with Crippen LogP contribution in [0.2, 0.25) is 0 Å². The number of aromatic amines is 1. The minimum Gasteiger partial charge on any atom is -0.342 e. The molecule has 0 radical (unpaired) electrons. The van der Waals surface area contributed by atoms with E-state index < -0.39 is 5.69 Å². The number of nitrogens with zero attached hydrogens (tertiary/aromatic N) is 4. The van der Waals surface area contributed by atoms with Crippen LogP contribution in [0.4, 0.5) is 5.95 Å². The summed E-state index contributed by atoms with van der Waals surface area (Å²) in [6, 6.07) is 0. The summed E-state index contributed by atoms with van der Waals surface area (Å²) in [7, 11) is 3.45. The lowest BCUT2D eigenvalue weighted by molar-refractivity contribution is 0.653. The van der Waals surface area contributed by atoms with Gasteiger partial charge in [0.25, 0.3) is 5.56 Å². The molecule has 1 N–H and O–H groups in total. The summed E-state index contributed by atoms with van der Waals surface area (Å²) < 4.78 is 3.18. The van der Waals surface area contributed by atoms with E-state index in [1.54, 1.807) is 11.6 Å². The lowest BCUT2D eigenvalue weighted by atomic mass is 10.3. The summed E-state index contributed by atoms with van der Waals surface area (Å²) in [6.45, 7) is 6.11. The van der Waals surface area contributed by atoms with Crippen molar-refractivity contribution in [1.29, 1.82) is 0 Å². The number of anilines is 1. The van der Waals surface area contributed by atoms with E-state index in [0.29, 0.717) is 11.2 Å². The fourth-order valence-electron chi connectivity index (χ4n) is 2.59. The molecule has 0 aliphatic rings. The quantitative estimate of drug-likeness (QED) is 0.838. The number of nitrogens with one attached hydrogen (secondary N) is 1. The minimum atomic E-state index is -0.434. The molecule has 0 aliphatic carbocycles. The Morgan fingerprint density at radius 1 is 1.05 bits per heavy atom. The molecule has 0 aliphatic heterocycles. The summed E-state index contributed by atoms with van der Waals surface area (Å²) in [5, 5.41) is 0. The highest BCUT2D eigenvalue weighted by Crippen LogP contribution is 2.18. The van der Waals surface area contributed by atoms with Crippen LogP contribution in [-0.4, -0.2) is 32.2 Å². The molecule has 7 heteroatoms. The van der Waals surface area contributed by atoms with Crippen molar-refractivity contribution in [2.24, 2.45) is 14.1 Å². The van der Waals surface area contributed by atoms with E-state index in [1.807, 2.05) is 7.05 Å². The predicted molar refractivity (Wildman–Crippen MR) is 88.6 cm³/mol. The number of hydrogen-bond acceptors (Lipinski definition) is 4. The largest absolute Gasteiger partial charge is 0.342 e. The minimum absolute atomic E-state index is 0.384. The normalized spacial score (nSPS) is 11.3. The van der Waals surface area contributed by atoms with Gasteiger partial charge in [-0.05, 0) is 12.8 Å². The van der Waals surface area contributed by atoms with Gasteiger partial charge in [-0.1, -0.05) is 26.7 Å². The Labute approximate surface area is 129 Å². The van der Waals surface area contributed by atoms with E-state index in [0.717, 1.165) is 44.7 Å². The molecule has 0 saturated heterocycles. The number of unbranched alkanes of at least 4 members (excludes halogenated alkanes) is 2. The Bertz CT molecular complexity index is 748. The highest BCUT2D eigenvalue weighted by atomic mass is 16.2. The van der Waals surface area contributed by atoms with Crippen LogP contribution >= 0.6 is 0 Å². The number of imidazole rings is 1. The molecule has 0 unspecified atom stereocenters. The summed E-state index contributed by atoms with van der Waals surface area (Å²) in [5.41, 5.74) is 0.0560. The third-order valence-corrected chi connectivity index (χ3v) is 3.96. The monoisotopic (exact) mass is 307 g/mol. The van der Waals surface area contributed by atoms with Gasteiger partial charge in [-0.2, -0.15) is 4.98 Å². The van der Waals surface area contributed by atoms with Gasteiger partial charge in [-0.15, -0.1) is 0 Å². The van der Waals surface area contributed by atoms with E-state index in [9.17, 15) is 9.59 Å². The summed E-state index contributed by atoms with van der Waals surface area (Å²) in [5.74, 6) is 0.753. The molecule has 7 nitrogen and oxygen atoms in total. The van der Waals surface area contributed by atoms with Gasteiger partial charge < -0.3 is 9.47 Å². The molecule has 2 rings (SSSR count). The molecule has 2 aromatic rings. The maximum Gasteiger partial charge on any atom is 0.329 e. The van der Waals surface area contributed by atoms with E-state index in [4.69, 9.17) is 0 Å². The van der Waals surface area contributed by atoms with Crippen molar-refractivity contribution < 1.29 is 0 Å². The van der Waals surface area contributed by atoms with Crippen LogP contribution < -0.4 is 16.1 Å². The molecular weight excluding hydrogens is 282 g/mol. The Balaban J connectivity index is 2.55. The van der Waals surface area contributed by atoms with Crippen molar-refractivity contribution in [2.75, 3.05) is 18.0 Å². The molecular formula is C15H25N5O2. The number of aryl methyl sites for hydroxylation is 2. The number of fused-ring (bicyclic) bond motifs is 1. The number of aromatic nitrogens is 4. The highest BCUT2D eigenvalue weighted by Gasteiger charge is 2.18. The fourth-order valence-corrected chi connectivity index (χ4v) is 2.59. The Morgan fingerprint density at radius 2 is 1.64 bits per heavy atom. The Morgan fingerprint density at radius 3 is 2.18 bits per heavy atom. The standard InChI is InChI=1S/C15H25N5O2/c1-5-7-9-20(10-8-6-2)14-16-12-11(18(14)3)13(21)17-15(22)19(12)4/h5-10H2,1-4H3,(H,17,21,22). The molecule has 0 bridgehead atoms. The summed E-state index contributed by atoms with van der Waals surface area (Å²) >= 11 is 0. The molecule has 0 saturated carbocycles. The maximum atomic E-state index is 12.1. The second kappa shape index (κ2) is 6.81. The van der Waals surface area contributed by atoms with Gasteiger partial charge in [0, 0.05) is 27.2 Å². The smallest absolute Gasteiger partial charge is 0.329 e. The van der Waals surface area contributed by atoms with Crippen molar-refractivity contribution >= 4 is 17.1 Å². The molecule has 0 fully saturated rings. The van der Waals surface area contributed by atoms with Gasteiger partial charge in [-0.25, -0.2) is 4.79 Å². The first kappa shape index (κ1) is 16.3. The highest BCUT2D eigenvalue weighted by molar-refractivity contribution is 5.74. The van der Waals surface area contributed by atoms with Crippen LogP contribution in [0, 0.1) is 0 Å². The second-order valence-corrected chi connectivity index (χ2v) is 5.66. The van der Waals surface area contributed by atoms with Crippen LogP contribution in [0.3, 0.4) is 0 Å². The number of H-pyrrole nitrogens is 1. The van der Waals surface area contributed by atoms with Crippen LogP contribution in [0.5, 0.6) is 0 Å². The zero-order chi connectivity index (χ0) is 16.3. The van der Waals surface area contributed by atoms with Crippen LogP contribution in [-0.2, 0) is 14.1 Å². The van der Waals surface area contributed by atoms with Crippen molar-refractivity contribution in [3.05, 3.63) is 20.8 Å². The second-order valence-electron chi connectivity index (χ2n) is 5.66. The Hall–Kier alpha value is -2.05. The molecule has 2 heterocycles. The van der Waals surface area contributed by atoms with Crippen molar-refractivity contribution in [3.8, 4) is 0 Å². The topological polar surface area (TPSA) is 75.9 Å². The van der Waals surface area contributed by atoms with Crippen LogP contribution in [0.15, 0.2) is 9.59 Å². The maximum absolute atomic E-state index is 12.1. The van der Waals surface area contributed by atoms with Crippen molar-refractivity contribution in [1.82, 2.24) is 19.1 Å². The molecule has 0 amide bonds. The molecule has 0 atom stereocenters. The van der Waals surface area contributed by atoms with E-state index in [1.165, 1.54) is 4.57 Å². The van der Waals surface area contributed by atoms with Gasteiger partial charge in [0.05, 0.1) is 0 Å². The van der Waals surface area contributed by atoms with E-state index in [2.05, 4.69) is 28.7 Å². The molecule has 22 heavy (non-hydrogen) atoms. The first-order valence-electron chi connectivity index (χ1n) is 7.91. The van der Waals surface area contributed by atoms with Crippen molar-refractivity contribution in [2.45, 2.75) is 39.5 Å². The zero-order valence-corrected chi connectivity index (χ0v) is 13.8. The first-order chi connectivity index (χ1) is 10.5. The molecule has 2 aromatic heterocycles. The average Bonchev–Trinajstić information content (AvgIpc) is 2.83. The predicted octanol–water partition coefficient (Wildman–Crippen LogP) is 1.37. The van der Waals surface area contributed by atoms with Gasteiger partial charge in [-0.3, -0.25) is 14.3 Å². The molecule has 0 aromatic carbocycles. The lowest BCUT2D eigenvalue weighted by Crippen LogP contribution is -2.29. The van der Waals surface area contributed by atoms with Crippen LogP contribution in [0.1, 0.15) is 39.5 Å². The molecule has 122 valence electrons. The van der Waals surface area contributed by atoms with Crippen molar-refractivity contribution in [3.63, 3.8) is 0 Å². The first-order valence-corrected chi connectivity index (χ1v) is 7.91. The van der Waals surface area contributed by atoms with E-state index >= 15 is 0 Å². The third-order valence-electron chi connectivity index (χ3n) is 3.96. The fraction of sp³-hybridized carbons (Fsp3) is 0.667. The molecule has 0 spiro atoms. The SMILES string of the molecule is CCCCN(CCCC)c1nc2c(c(=O)[nH]c(=O)n2C)n1C. The van der Waals surface area contributed by atoms with Gasteiger partial charge in [0.1, 0.15) is 0 Å². The van der Waals surface area contributed by atoms with Gasteiger partial charge >= 0.3 is 5.69 Å². The number of hydrogen-bond donors (Lipinski definition) is 1. The zero-order valence-electron chi connectivity index (χ0n) is 13.8.